The van der Waals surface area contributed by atoms with Gasteiger partial charge in [-0.05, 0) is 24.8 Å². The van der Waals surface area contributed by atoms with E-state index in [1.54, 1.807) is 6.07 Å². The molecule has 1 fully saturated rings. The molecule has 4 heteroatoms. The Hall–Kier alpha value is -2.72. The van der Waals surface area contributed by atoms with E-state index >= 15 is 0 Å². The van der Waals surface area contributed by atoms with Crippen molar-refractivity contribution in [3.63, 3.8) is 0 Å². The fraction of sp³-hybridized carbons (Fsp3) is 0.238. The summed E-state index contributed by atoms with van der Waals surface area (Å²) in [6.07, 6.45) is 2.45. The van der Waals surface area contributed by atoms with E-state index in [-0.39, 0.29) is 12.1 Å². The van der Waals surface area contributed by atoms with Gasteiger partial charge >= 0.3 is 0 Å². The number of aliphatic hydroxyl groups is 1. The van der Waals surface area contributed by atoms with Crippen LogP contribution in [0.4, 0.5) is 0 Å². The monoisotopic (exact) mass is 332 g/mol. The molecule has 4 nitrogen and oxygen atoms in total. The Bertz CT molecular complexity index is 929. The third-order valence-electron chi connectivity index (χ3n) is 4.86. The minimum absolute atomic E-state index is 0.182. The molecule has 2 aromatic carbocycles. The van der Waals surface area contributed by atoms with Gasteiger partial charge < -0.3 is 5.11 Å². The van der Waals surface area contributed by atoms with Crippen molar-refractivity contribution < 1.29 is 5.11 Å². The van der Waals surface area contributed by atoms with Gasteiger partial charge in [-0.25, -0.2) is 4.68 Å². The van der Waals surface area contributed by atoms with Crippen molar-refractivity contribution in [1.82, 2.24) is 9.78 Å². The first-order chi connectivity index (χ1) is 12.1. The molecule has 3 aromatic rings. The summed E-state index contributed by atoms with van der Waals surface area (Å²) in [5.74, 6) is 0. The number of nitrogens with zero attached hydrogens (tertiary/aromatic N) is 2. The molecular weight excluding hydrogens is 312 g/mol. The van der Waals surface area contributed by atoms with Crippen LogP contribution in [0.15, 0.2) is 71.5 Å². The molecule has 0 radical (unpaired) electrons. The van der Waals surface area contributed by atoms with Crippen LogP contribution in [-0.4, -0.2) is 20.5 Å². The van der Waals surface area contributed by atoms with Crippen molar-refractivity contribution in [2.24, 2.45) is 0 Å². The van der Waals surface area contributed by atoms with E-state index in [1.165, 1.54) is 4.68 Å². The van der Waals surface area contributed by atoms with Crippen molar-refractivity contribution in [1.29, 1.82) is 0 Å². The quantitative estimate of drug-likeness (QED) is 0.796. The Morgan fingerprint density at radius 1 is 0.960 bits per heavy atom. The molecule has 1 aliphatic carbocycles. The summed E-state index contributed by atoms with van der Waals surface area (Å²) in [6.45, 7) is 0.251. The summed E-state index contributed by atoms with van der Waals surface area (Å²) >= 11 is 0. The lowest BCUT2D eigenvalue weighted by Gasteiger charge is -2.36. The zero-order valence-corrected chi connectivity index (χ0v) is 13.9. The van der Waals surface area contributed by atoms with Gasteiger partial charge in [0.25, 0.3) is 5.56 Å². The fourth-order valence-electron chi connectivity index (χ4n) is 3.27. The van der Waals surface area contributed by atoms with Gasteiger partial charge in [-0.15, -0.1) is 0 Å². The maximum absolute atomic E-state index is 12.6. The minimum atomic E-state index is -0.793. The molecule has 0 bridgehead atoms. The summed E-state index contributed by atoms with van der Waals surface area (Å²) in [5.41, 5.74) is 2.51. The molecule has 0 atom stereocenters. The van der Waals surface area contributed by atoms with Crippen LogP contribution in [0.5, 0.6) is 0 Å². The van der Waals surface area contributed by atoms with E-state index in [0.717, 1.165) is 41.6 Å². The van der Waals surface area contributed by atoms with Crippen LogP contribution in [-0.2, 0) is 6.54 Å². The Morgan fingerprint density at radius 2 is 1.56 bits per heavy atom. The predicted octanol–water partition coefficient (Wildman–Crippen LogP) is 3.49. The van der Waals surface area contributed by atoms with E-state index < -0.39 is 5.60 Å². The normalized spacial score (nSPS) is 15.6. The minimum Gasteiger partial charge on any atom is -0.388 e. The Labute approximate surface area is 146 Å². The molecule has 1 heterocycles. The third-order valence-corrected chi connectivity index (χ3v) is 4.86. The van der Waals surface area contributed by atoms with Crippen LogP contribution in [0.3, 0.4) is 0 Å². The fourth-order valence-corrected chi connectivity index (χ4v) is 3.27. The van der Waals surface area contributed by atoms with Crippen LogP contribution in [0.25, 0.3) is 22.4 Å². The van der Waals surface area contributed by atoms with Crippen LogP contribution in [0.1, 0.15) is 19.3 Å². The molecule has 1 aromatic heterocycles. The van der Waals surface area contributed by atoms with E-state index in [2.05, 4.69) is 5.10 Å². The first-order valence-electron chi connectivity index (χ1n) is 8.60. The lowest BCUT2D eigenvalue weighted by Crippen LogP contribution is -2.44. The predicted molar refractivity (Wildman–Crippen MR) is 98.2 cm³/mol. The highest BCUT2D eigenvalue weighted by atomic mass is 16.3. The first kappa shape index (κ1) is 15.8. The van der Waals surface area contributed by atoms with Gasteiger partial charge in [0, 0.05) is 17.2 Å². The highest BCUT2D eigenvalue weighted by Crippen LogP contribution is 2.33. The summed E-state index contributed by atoms with van der Waals surface area (Å²) in [6, 6.07) is 21.3. The summed E-state index contributed by atoms with van der Waals surface area (Å²) in [7, 11) is 0. The van der Waals surface area contributed by atoms with Crippen LogP contribution >= 0.6 is 0 Å². The topological polar surface area (TPSA) is 55.1 Å². The van der Waals surface area contributed by atoms with E-state index in [4.69, 9.17) is 0 Å². The van der Waals surface area contributed by atoms with Gasteiger partial charge in [0.1, 0.15) is 0 Å². The number of rotatable bonds is 4. The summed E-state index contributed by atoms with van der Waals surface area (Å²) in [5, 5.41) is 15.1. The lowest BCUT2D eigenvalue weighted by molar-refractivity contribution is -0.0507. The van der Waals surface area contributed by atoms with Gasteiger partial charge in [0.2, 0.25) is 0 Å². The second-order valence-corrected chi connectivity index (χ2v) is 6.71. The zero-order chi connectivity index (χ0) is 17.3. The SMILES string of the molecule is O=c1cc(-c2ccccc2)c(-c2ccccc2)nn1CC1(O)CCC1. The van der Waals surface area contributed by atoms with E-state index in [9.17, 15) is 9.90 Å². The Morgan fingerprint density at radius 3 is 2.12 bits per heavy atom. The Balaban J connectivity index is 1.86. The highest BCUT2D eigenvalue weighted by Gasteiger charge is 2.35. The molecule has 0 saturated heterocycles. The zero-order valence-electron chi connectivity index (χ0n) is 13.9. The van der Waals surface area contributed by atoms with Crippen LogP contribution in [0, 0.1) is 0 Å². The number of hydrogen-bond donors (Lipinski definition) is 1. The molecule has 25 heavy (non-hydrogen) atoms. The lowest BCUT2D eigenvalue weighted by atomic mass is 9.80. The molecular formula is C21H20N2O2. The third kappa shape index (κ3) is 3.13. The molecule has 126 valence electrons. The van der Waals surface area contributed by atoms with E-state index in [1.807, 2.05) is 60.7 Å². The van der Waals surface area contributed by atoms with Gasteiger partial charge in [0.15, 0.2) is 0 Å². The van der Waals surface area contributed by atoms with E-state index in [0.29, 0.717) is 0 Å². The molecule has 4 rings (SSSR count). The van der Waals surface area contributed by atoms with Crippen molar-refractivity contribution in [2.75, 3.05) is 0 Å². The number of aromatic nitrogens is 2. The highest BCUT2D eigenvalue weighted by molar-refractivity contribution is 5.80. The van der Waals surface area contributed by atoms with Crippen molar-refractivity contribution in [3.05, 3.63) is 77.1 Å². The second kappa shape index (κ2) is 6.30. The smallest absolute Gasteiger partial charge is 0.267 e. The number of benzene rings is 2. The van der Waals surface area contributed by atoms with Crippen LogP contribution < -0.4 is 5.56 Å². The van der Waals surface area contributed by atoms with Crippen molar-refractivity contribution >= 4 is 0 Å². The van der Waals surface area contributed by atoms with Gasteiger partial charge in [-0.3, -0.25) is 4.79 Å². The standard InChI is InChI=1S/C21H20N2O2/c24-19-14-18(16-8-3-1-4-9-16)20(17-10-5-2-6-11-17)22-23(19)15-21(25)12-7-13-21/h1-6,8-11,14,25H,7,12-13,15H2. The molecule has 1 N–H and O–H groups in total. The average Bonchev–Trinajstić information content (AvgIpc) is 2.63. The maximum Gasteiger partial charge on any atom is 0.267 e. The van der Waals surface area contributed by atoms with Crippen LogP contribution in [0.2, 0.25) is 0 Å². The molecule has 0 amide bonds. The Kier molecular flexibility index (Phi) is 3.98. The first-order valence-corrected chi connectivity index (χ1v) is 8.60. The van der Waals surface area contributed by atoms with Crippen molar-refractivity contribution in [2.45, 2.75) is 31.4 Å². The number of hydrogen-bond acceptors (Lipinski definition) is 3. The molecule has 1 aliphatic rings. The average molecular weight is 332 g/mol. The van der Waals surface area contributed by atoms with Gasteiger partial charge in [-0.1, -0.05) is 60.7 Å². The van der Waals surface area contributed by atoms with Gasteiger partial charge in [-0.2, -0.15) is 5.10 Å². The van der Waals surface area contributed by atoms with Gasteiger partial charge in [0.05, 0.1) is 17.8 Å². The molecule has 0 unspecified atom stereocenters. The maximum atomic E-state index is 12.6. The summed E-state index contributed by atoms with van der Waals surface area (Å²) < 4.78 is 1.41. The largest absolute Gasteiger partial charge is 0.388 e. The molecule has 0 spiro atoms. The van der Waals surface area contributed by atoms with Crippen molar-refractivity contribution in [3.8, 4) is 22.4 Å². The summed E-state index contributed by atoms with van der Waals surface area (Å²) in [4.78, 5) is 12.6. The molecule has 0 aliphatic heterocycles. The second-order valence-electron chi connectivity index (χ2n) is 6.71. The molecule has 1 saturated carbocycles.